The van der Waals surface area contributed by atoms with Crippen LogP contribution in [0.5, 0.6) is 17.2 Å². The summed E-state index contributed by atoms with van der Waals surface area (Å²) in [5.41, 5.74) is 0.943. The van der Waals surface area contributed by atoms with Crippen molar-refractivity contribution in [3.63, 3.8) is 0 Å². The first-order valence-electron chi connectivity index (χ1n) is 7.51. The zero-order chi connectivity index (χ0) is 17.1. The molecule has 0 amide bonds. The van der Waals surface area contributed by atoms with Gasteiger partial charge in [-0.3, -0.25) is 4.99 Å². The molecule has 138 valence electrons. The number of rotatable bonds is 9. The van der Waals surface area contributed by atoms with Crippen molar-refractivity contribution in [2.75, 3.05) is 48.1 Å². The molecule has 0 atom stereocenters. The van der Waals surface area contributed by atoms with Crippen molar-refractivity contribution in [1.29, 1.82) is 0 Å². The second-order valence-corrected chi connectivity index (χ2v) is 4.54. The summed E-state index contributed by atoms with van der Waals surface area (Å²) in [5.74, 6) is 2.55. The molecule has 0 bridgehead atoms. The van der Waals surface area contributed by atoms with Gasteiger partial charge in [0.05, 0.1) is 27.9 Å². The molecule has 0 unspecified atom stereocenters. The highest BCUT2D eigenvalue weighted by Crippen LogP contribution is 2.39. The fourth-order valence-corrected chi connectivity index (χ4v) is 2.09. The van der Waals surface area contributed by atoms with Gasteiger partial charge in [0.15, 0.2) is 17.5 Å². The van der Waals surface area contributed by atoms with E-state index in [1.165, 1.54) is 0 Å². The Bertz CT molecular complexity index is 512. The summed E-state index contributed by atoms with van der Waals surface area (Å²) in [7, 11) is 6.52. The van der Waals surface area contributed by atoms with Crippen molar-refractivity contribution in [1.82, 2.24) is 10.6 Å². The molecule has 0 fully saturated rings. The van der Waals surface area contributed by atoms with Gasteiger partial charge in [-0.25, -0.2) is 0 Å². The molecular formula is C16H28IN3O4. The zero-order valence-electron chi connectivity index (χ0n) is 15.0. The average molecular weight is 453 g/mol. The highest BCUT2D eigenvalue weighted by molar-refractivity contribution is 14.0. The number of aliphatic imine (C=N–C) groups is 1. The van der Waals surface area contributed by atoms with Gasteiger partial charge in [0.2, 0.25) is 5.75 Å². The first-order valence-corrected chi connectivity index (χ1v) is 7.51. The Labute approximate surface area is 161 Å². The number of benzene rings is 1. The highest BCUT2D eigenvalue weighted by atomic mass is 127. The van der Waals surface area contributed by atoms with Crippen LogP contribution in [-0.2, 0) is 11.3 Å². The molecule has 0 aliphatic heterocycles. The van der Waals surface area contributed by atoms with E-state index in [1.54, 1.807) is 28.4 Å². The molecule has 0 saturated heterocycles. The summed E-state index contributed by atoms with van der Waals surface area (Å²) in [6.45, 7) is 4.54. The minimum Gasteiger partial charge on any atom is -0.493 e. The summed E-state index contributed by atoms with van der Waals surface area (Å²) in [4.78, 5) is 4.17. The molecule has 0 saturated carbocycles. The summed E-state index contributed by atoms with van der Waals surface area (Å²) >= 11 is 0. The van der Waals surface area contributed by atoms with Gasteiger partial charge in [-0.05, 0) is 19.1 Å². The average Bonchev–Trinajstić information content (AvgIpc) is 2.60. The highest BCUT2D eigenvalue weighted by Gasteiger charge is 2.15. The van der Waals surface area contributed by atoms with E-state index >= 15 is 0 Å². The monoisotopic (exact) mass is 453 g/mol. The summed E-state index contributed by atoms with van der Waals surface area (Å²) < 4.78 is 21.4. The van der Waals surface area contributed by atoms with Crippen LogP contribution in [0, 0.1) is 0 Å². The van der Waals surface area contributed by atoms with Crippen LogP contribution in [-0.4, -0.2) is 54.1 Å². The lowest BCUT2D eigenvalue weighted by atomic mass is 10.1. The second-order valence-electron chi connectivity index (χ2n) is 4.54. The smallest absolute Gasteiger partial charge is 0.203 e. The van der Waals surface area contributed by atoms with E-state index in [0.29, 0.717) is 49.5 Å². The number of nitrogens with one attached hydrogen (secondary N) is 2. The van der Waals surface area contributed by atoms with Gasteiger partial charge in [-0.1, -0.05) is 0 Å². The van der Waals surface area contributed by atoms with Gasteiger partial charge in [-0.2, -0.15) is 0 Å². The number of hydrogen-bond acceptors (Lipinski definition) is 5. The van der Waals surface area contributed by atoms with E-state index in [1.807, 2.05) is 19.1 Å². The topological polar surface area (TPSA) is 73.3 Å². The maximum Gasteiger partial charge on any atom is 0.203 e. The van der Waals surface area contributed by atoms with E-state index in [2.05, 4.69) is 15.6 Å². The molecule has 1 rings (SSSR count). The molecule has 0 aliphatic carbocycles. The molecule has 0 heterocycles. The molecule has 8 heteroatoms. The normalized spacial score (nSPS) is 10.6. The van der Waals surface area contributed by atoms with Crippen molar-refractivity contribution in [2.45, 2.75) is 13.5 Å². The Morgan fingerprint density at radius 2 is 1.75 bits per heavy atom. The lowest BCUT2D eigenvalue weighted by Gasteiger charge is -2.17. The van der Waals surface area contributed by atoms with Gasteiger partial charge in [0.1, 0.15) is 0 Å². The van der Waals surface area contributed by atoms with E-state index in [4.69, 9.17) is 18.9 Å². The van der Waals surface area contributed by atoms with Gasteiger partial charge < -0.3 is 29.6 Å². The number of methoxy groups -OCH3 is 3. The largest absolute Gasteiger partial charge is 0.493 e. The van der Waals surface area contributed by atoms with Crippen LogP contribution in [0.2, 0.25) is 0 Å². The molecule has 2 N–H and O–H groups in total. The molecule has 0 aliphatic rings. The minimum absolute atomic E-state index is 0. The third-order valence-corrected chi connectivity index (χ3v) is 3.20. The van der Waals surface area contributed by atoms with Crippen molar-refractivity contribution < 1.29 is 18.9 Å². The predicted molar refractivity (Wildman–Crippen MR) is 106 cm³/mol. The Kier molecular flexibility index (Phi) is 12.2. The van der Waals surface area contributed by atoms with Crippen LogP contribution in [0.15, 0.2) is 17.1 Å². The van der Waals surface area contributed by atoms with E-state index < -0.39 is 0 Å². The number of halogens is 1. The lowest BCUT2D eigenvalue weighted by Crippen LogP contribution is -2.38. The van der Waals surface area contributed by atoms with Crippen LogP contribution < -0.4 is 24.8 Å². The van der Waals surface area contributed by atoms with Crippen molar-refractivity contribution in [3.8, 4) is 17.2 Å². The molecule has 0 radical (unpaired) electrons. The standard InChI is InChI=1S/C16H27N3O4.HI/c1-6-23-10-9-18-16(17-2)19-11-12-7-8-13(20-3)15(22-5)14(12)21-4;/h7-8H,6,9-11H2,1-5H3,(H2,17,18,19);1H. The lowest BCUT2D eigenvalue weighted by molar-refractivity contribution is 0.152. The quantitative estimate of drug-likeness (QED) is 0.258. The molecule has 1 aromatic rings. The number of guanidine groups is 1. The van der Waals surface area contributed by atoms with Crippen molar-refractivity contribution in [2.24, 2.45) is 4.99 Å². The maximum atomic E-state index is 5.46. The van der Waals surface area contributed by atoms with E-state index in [-0.39, 0.29) is 24.0 Å². The van der Waals surface area contributed by atoms with Crippen LogP contribution in [0.3, 0.4) is 0 Å². The predicted octanol–water partition coefficient (Wildman–Crippen LogP) is 2.03. The molecule has 0 spiro atoms. The van der Waals surface area contributed by atoms with E-state index in [9.17, 15) is 0 Å². The van der Waals surface area contributed by atoms with Crippen LogP contribution in [0.4, 0.5) is 0 Å². The van der Waals surface area contributed by atoms with Crippen molar-refractivity contribution >= 4 is 29.9 Å². The molecule has 7 nitrogen and oxygen atoms in total. The number of ether oxygens (including phenoxy) is 4. The molecular weight excluding hydrogens is 425 g/mol. The number of hydrogen-bond donors (Lipinski definition) is 2. The second kappa shape index (κ2) is 12.9. The zero-order valence-corrected chi connectivity index (χ0v) is 17.3. The Morgan fingerprint density at radius 1 is 1.04 bits per heavy atom. The summed E-state index contributed by atoms with van der Waals surface area (Å²) in [5, 5.41) is 6.41. The molecule has 1 aromatic carbocycles. The summed E-state index contributed by atoms with van der Waals surface area (Å²) in [6.07, 6.45) is 0. The molecule has 24 heavy (non-hydrogen) atoms. The first-order chi connectivity index (χ1) is 11.2. The van der Waals surface area contributed by atoms with Crippen LogP contribution >= 0.6 is 24.0 Å². The fourth-order valence-electron chi connectivity index (χ4n) is 2.09. The van der Waals surface area contributed by atoms with Gasteiger partial charge in [0.25, 0.3) is 0 Å². The minimum atomic E-state index is 0. The third kappa shape index (κ3) is 6.60. The Hall–Kier alpha value is -1.42. The SMILES string of the molecule is CCOCCNC(=NC)NCc1ccc(OC)c(OC)c1OC.I. The first kappa shape index (κ1) is 22.6. The number of nitrogens with zero attached hydrogens (tertiary/aromatic N) is 1. The van der Waals surface area contributed by atoms with Gasteiger partial charge in [0, 0.05) is 32.3 Å². The third-order valence-electron chi connectivity index (χ3n) is 3.20. The van der Waals surface area contributed by atoms with Gasteiger partial charge >= 0.3 is 0 Å². The van der Waals surface area contributed by atoms with Crippen molar-refractivity contribution in [3.05, 3.63) is 17.7 Å². The maximum absolute atomic E-state index is 5.46. The summed E-state index contributed by atoms with van der Waals surface area (Å²) in [6, 6.07) is 3.78. The van der Waals surface area contributed by atoms with Crippen LogP contribution in [0.1, 0.15) is 12.5 Å². The molecule has 0 aromatic heterocycles. The van der Waals surface area contributed by atoms with Crippen LogP contribution in [0.25, 0.3) is 0 Å². The van der Waals surface area contributed by atoms with E-state index in [0.717, 1.165) is 5.56 Å². The van der Waals surface area contributed by atoms with Gasteiger partial charge in [-0.15, -0.1) is 24.0 Å². The Balaban J connectivity index is 0.00000529. The Morgan fingerprint density at radius 3 is 2.29 bits per heavy atom. The fraction of sp³-hybridized carbons (Fsp3) is 0.562.